The van der Waals surface area contributed by atoms with Crippen molar-refractivity contribution in [3.63, 3.8) is 0 Å². The molecule has 0 radical (unpaired) electrons. The van der Waals surface area contributed by atoms with Crippen LogP contribution >= 0.6 is 0 Å². The van der Waals surface area contributed by atoms with Crippen molar-refractivity contribution in [3.8, 4) is 11.5 Å². The molecular weight excluding hydrogens is 326 g/mol. The first-order valence-corrected chi connectivity index (χ1v) is 8.77. The lowest BCUT2D eigenvalue weighted by atomic mass is 10.2. The summed E-state index contributed by atoms with van der Waals surface area (Å²) < 4.78 is 7.70. The molecule has 0 atom stereocenters. The Morgan fingerprint density at radius 2 is 2.04 bits per heavy atom. The molecule has 0 saturated heterocycles. The Labute approximate surface area is 154 Å². The molecule has 3 rings (SSSR count). The fourth-order valence-electron chi connectivity index (χ4n) is 2.70. The van der Waals surface area contributed by atoms with Gasteiger partial charge in [0.2, 0.25) is 5.89 Å². The van der Waals surface area contributed by atoms with Gasteiger partial charge in [-0.05, 0) is 31.2 Å². The third kappa shape index (κ3) is 4.33. The van der Waals surface area contributed by atoms with Gasteiger partial charge < -0.3 is 19.2 Å². The fraction of sp³-hybridized carbons (Fsp3) is 0.300. The molecule has 3 aromatic rings. The summed E-state index contributed by atoms with van der Waals surface area (Å²) in [4.78, 5) is 11.3. The van der Waals surface area contributed by atoms with E-state index in [-0.39, 0.29) is 0 Å². The first-order valence-electron chi connectivity index (χ1n) is 8.77. The van der Waals surface area contributed by atoms with Gasteiger partial charge in [0.1, 0.15) is 12.0 Å². The quantitative estimate of drug-likeness (QED) is 0.547. The maximum absolute atomic E-state index is 5.59. The zero-order valence-electron chi connectivity index (χ0n) is 15.5. The second-order valence-corrected chi connectivity index (χ2v) is 6.15. The van der Waals surface area contributed by atoms with E-state index in [0.717, 1.165) is 30.3 Å². The Morgan fingerprint density at radius 1 is 1.23 bits per heavy atom. The van der Waals surface area contributed by atoms with Gasteiger partial charge in [-0.2, -0.15) is 0 Å². The van der Waals surface area contributed by atoms with E-state index in [2.05, 4.69) is 32.8 Å². The minimum atomic E-state index is 0.468. The van der Waals surface area contributed by atoms with Crippen molar-refractivity contribution in [1.82, 2.24) is 19.8 Å². The Kier molecular flexibility index (Phi) is 5.73. The molecule has 0 bridgehead atoms. The van der Waals surface area contributed by atoms with Crippen molar-refractivity contribution in [1.29, 1.82) is 0 Å². The molecule has 0 spiro atoms. The minimum absolute atomic E-state index is 0.468. The number of aryl methyl sites for hydroxylation is 1. The van der Waals surface area contributed by atoms with E-state index in [9.17, 15) is 0 Å². The highest BCUT2D eigenvalue weighted by molar-refractivity contribution is 5.79. The third-order valence-electron chi connectivity index (χ3n) is 4.11. The molecule has 26 heavy (non-hydrogen) atoms. The van der Waals surface area contributed by atoms with Gasteiger partial charge in [0.05, 0.1) is 13.1 Å². The smallest absolute Gasteiger partial charge is 0.226 e. The topological polar surface area (TPSA) is 58.6 Å². The molecule has 2 heterocycles. The zero-order chi connectivity index (χ0) is 18.4. The number of benzene rings is 1. The predicted octanol–water partition coefficient (Wildman–Crippen LogP) is 3.28. The molecule has 0 fully saturated rings. The molecule has 136 valence electrons. The maximum Gasteiger partial charge on any atom is 0.226 e. The molecule has 1 aromatic carbocycles. The van der Waals surface area contributed by atoms with E-state index in [1.165, 1.54) is 5.69 Å². The summed E-state index contributed by atoms with van der Waals surface area (Å²) in [6, 6.07) is 14.0. The molecule has 0 aliphatic heterocycles. The molecule has 0 unspecified atom stereocenters. The Hall–Kier alpha value is -3.02. The van der Waals surface area contributed by atoms with Crippen LogP contribution in [-0.2, 0) is 20.1 Å². The lowest BCUT2D eigenvalue weighted by Crippen LogP contribution is -2.38. The third-order valence-corrected chi connectivity index (χ3v) is 4.11. The van der Waals surface area contributed by atoms with Crippen molar-refractivity contribution >= 4 is 5.96 Å². The highest BCUT2D eigenvalue weighted by Gasteiger charge is 2.10. The largest absolute Gasteiger partial charge is 0.444 e. The maximum atomic E-state index is 5.59. The van der Waals surface area contributed by atoms with Gasteiger partial charge in [0, 0.05) is 38.1 Å². The predicted molar refractivity (Wildman–Crippen MR) is 104 cm³/mol. The van der Waals surface area contributed by atoms with Gasteiger partial charge in [-0.15, -0.1) is 0 Å². The highest BCUT2D eigenvalue weighted by Crippen LogP contribution is 2.18. The number of aliphatic imine (C=N–C) groups is 1. The average molecular weight is 351 g/mol. The van der Waals surface area contributed by atoms with Crippen LogP contribution in [0.4, 0.5) is 0 Å². The number of oxazole rings is 1. The van der Waals surface area contributed by atoms with Gasteiger partial charge in [-0.1, -0.05) is 18.2 Å². The summed E-state index contributed by atoms with van der Waals surface area (Å²) >= 11 is 0. The summed E-state index contributed by atoms with van der Waals surface area (Å²) in [5, 5.41) is 3.33. The SMILES string of the molecule is CCNC(=NCc1coc(-c2ccccc2)n1)N(C)Cc1cccn1C. The van der Waals surface area contributed by atoms with Crippen LogP contribution in [0.2, 0.25) is 0 Å². The van der Waals surface area contributed by atoms with E-state index in [4.69, 9.17) is 9.41 Å². The Morgan fingerprint density at radius 3 is 2.73 bits per heavy atom. The summed E-state index contributed by atoms with van der Waals surface area (Å²) in [6.07, 6.45) is 3.72. The summed E-state index contributed by atoms with van der Waals surface area (Å²) in [5.41, 5.74) is 3.01. The number of rotatable bonds is 6. The molecule has 6 nitrogen and oxygen atoms in total. The molecule has 0 aliphatic carbocycles. The van der Waals surface area contributed by atoms with Crippen molar-refractivity contribution in [2.75, 3.05) is 13.6 Å². The van der Waals surface area contributed by atoms with Crippen LogP contribution in [0.25, 0.3) is 11.5 Å². The Bertz CT molecular complexity index is 850. The minimum Gasteiger partial charge on any atom is -0.444 e. The van der Waals surface area contributed by atoms with Crippen LogP contribution in [0.15, 0.2) is 64.3 Å². The second-order valence-electron chi connectivity index (χ2n) is 6.15. The molecule has 1 N–H and O–H groups in total. The van der Waals surface area contributed by atoms with Crippen LogP contribution in [-0.4, -0.2) is 34.0 Å². The lowest BCUT2D eigenvalue weighted by molar-refractivity contribution is 0.461. The molecule has 2 aromatic heterocycles. The van der Waals surface area contributed by atoms with Crippen LogP contribution in [0.1, 0.15) is 18.3 Å². The molecule has 0 amide bonds. The van der Waals surface area contributed by atoms with E-state index in [1.807, 2.05) is 56.7 Å². The molecular formula is C20H25N5O. The van der Waals surface area contributed by atoms with Gasteiger partial charge >= 0.3 is 0 Å². The van der Waals surface area contributed by atoms with Crippen molar-refractivity contribution in [2.24, 2.45) is 12.0 Å². The van der Waals surface area contributed by atoms with E-state index in [0.29, 0.717) is 12.4 Å². The highest BCUT2D eigenvalue weighted by atomic mass is 16.3. The standard InChI is InChI=1S/C20H25N5O/c1-4-21-20(25(3)14-18-11-8-12-24(18)2)22-13-17-15-26-19(23-17)16-9-6-5-7-10-16/h5-12,15H,4,13-14H2,1-3H3,(H,21,22). The average Bonchev–Trinajstić information content (AvgIpc) is 3.29. The number of aromatic nitrogens is 2. The number of nitrogens with one attached hydrogen (secondary N) is 1. The number of hydrogen-bond acceptors (Lipinski definition) is 3. The number of nitrogens with zero attached hydrogens (tertiary/aromatic N) is 4. The van der Waals surface area contributed by atoms with Crippen molar-refractivity contribution in [3.05, 3.63) is 66.3 Å². The van der Waals surface area contributed by atoms with Crippen LogP contribution in [0, 0.1) is 0 Å². The molecule has 6 heteroatoms. The van der Waals surface area contributed by atoms with Gasteiger partial charge in [0.25, 0.3) is 0 Å². The first kappa shape index (κ1) is 17.8. The number of guanidine groups is 1. The fourth-order valence-corrected chi connectivity index (χ4v) is 2.70. The van der Waals surface area contributed by atoms with Crippen LogP contribution in [0.3, 0.4) is 0 Å². The molecule has 0 saturated carbocycles. The van der Waals surface area contributed by atoms with E-state index < -0.39 is 0 Å². The molecule has 0 aliphatic rings. The second kappa shape index (κ2) is 8.38. The summed E-state index contributed by atoms with van der Waals surface area (Å²) in [7, 11) is 4.08. The summed E-state index contributed by atoms with van der Waals surface area (Å²) in [6.45, 7) is 4.12. The Balaban J connectivity index is 1.69. The zero-order valence-corrected chi connectivity index (χ0v) is 15.5. The number of hydrogen-bond donors (Lipinski definition) is 1. The van der Waals surface area contributed by atoms with Gasteiger partial charge in [-0.3, -0.25) is 0 Å². The normalized spacial score (nSPS) is 11.6. The van der Waals surface area contributed by atoms with Crippen LogP contribution < -0.4 is 5.32 Å². The van der Waals surface area contributed by atoms with Gasteiger partial charge in [-0.25, -0.2) is 9.98 Å². The first-order chi connectivity index (χ1) is 12.7. The monoisotopic (exact) mass is 351 g/mol. The van der Waals surface area contributed by atoms with Crippen molar-refractivity contribution in [2.45, 2.75) is 20.0 Å². The van der Waals surface area contributed by atoms with Crippen molar-refractivity contribution < 1.29 is 4.42 Å². The lowest BCUT2D eigenvalue weighted by Gasteiger charge is -2.22. The van der Waals surface area contributed by atoms with E-state index in [1.54, 1.807) is 6.26 Å². The van der Waals surface area contributed by atoms with Gasteiger partial charge in [0.15, 0.2) is 5.96 Å². The summed E-state index contributed by atoms with van der Waals surface area (Å²) in [5.74, 6) is 1.47. The van der Waals surface area contributed by atoms with E-state index >= 15 is 0 Å². The van der Waals surface area contributed by atoms with Crippen LogP contribution in [0.5, 0.6) is 0 Å².